The number of imidazole rings is 1. The van der Waals surface area contributed by atoms with Crippen LogP contribution in [0.25, 0.3) is 11.2 Å². The van der Waals surface area contributed by atoms with E-state index in [2.05, 4.69) is 21.0 Å². The Kier molecular flexibility index (Phi) is 5.02. The highest BCUT2D eigenvalue weighted by molar-refractivity contribution is 7.99. The van der Waals surface area contributed by atoms with Crippen molar-refractivity contribution in [3.8, 4) is 17.6 Å². The molecule has 2 aromatic carbocycles. The molecule has 5 rings (SSSR count). The van der Waals surface area contributed by atoms with Crippen molar-refractivity contribution in [2.45, 2.75) is 23.0 Å². The molecular formula is C21H15ClN6O2S. The first kappa shape index (κ1) is 19.5. The molecule has 1 aliphatic heterocycles. The van der Waals surface area contributed by atoms with Gasteiger partial charge in [0.1, 0.15) is 11.6 Å². The number of aromatic amines is 1. The summed E-state index contributed by atoms with van der Waals surface area (Å²) in [5.41, 5.74) is 2.75. The van der Waals surface area contributed by atoms with Crippen LogP contribution in [0.2, 0.25) is 5.02 Å². The normalized spacial score (nSPS) is 12.3. The van der Waals surface area contributed by atoms with Gasteiger partial charge in [0.2, 0.25) is 6.79 Å². The molecule has 0 aliphatic carbocycles. The zero-order chi connectivity index (χ0) is 21.4. The fourth-order valence-electron chi connectivity index (χ4n) is 3.32. The maximum absolute atomic E-state index is 9.51. The molecule has 0 radical (unpaired) electrons. The van der Waals surface area contributed by atoms with E-state index < -0.39 is 0 Å². The lowest BCUT2D eigenvalue weighted by Gasteiger charge is -2.08. The van der Waals surface area contributed by atoms with Crippen LogP contribution in [-0.2, 0) is 13.0 Å². The van der Waals surface area contributed by atoms with Crippen molar-refractivity contribution in [2.75, 3.05) is 6.79 Å². The van der Waals surface area contributed by atoms with Crippen molar-refractivity contribution in [3.05, 3.63) is 64.4 Å². The summed E-state index contributed by atoms with van der Waals surface area (Å²) in [6.45, 7) is 0.744. The number of nitrogens with one attached hydrogen (secondary N) is 2. The molecule has 0 bridgehead atoms. The summed E-state index contributed by atoms with van der Waals surface area (Å²) >= 11 is 7.57. The number of benzene rings is 2. The second-order valence-electron chi connectivity index (χ2n) is 6.78. The van der Waals surface area contributed by atoms with Crippen LogP contribution in [0.5, 0.6) is 11.5 Å². The SMILES string of the molecule is N#Cc1cc2c(cc1Sc1nc3c([nH]1)c(=N)ncn3CCc1ccccc1Cl)OCO2. The molecule has 2 aromatic heterocycles. The van der Waals surface area contributed by atoms with Gasteiger partial charge in [-0.15, -0.1) is 0 Å². The Labute approximate surface area is 185 Å². The Bertz CT molecular complexity index is 1410. The first-order chi connectivity index (χ1) is 15.1. The van der Waals surface area contributed by atoms with Crippen LogP contribution in [0.3, 0.4) is 0 Å². The molecule has 0 atom stereocenters. The summed E-state index contributed by atoms with van der Waals surface area (Å²) < 4.78 is 12.7. The van der Waals surface area contributed by atoms with Crippen molar-refractivity contribution in [2.24, 2.45) is 0 Å². The highest BCUT2D eigenvalue weighted by atomic mass is 35.5. The Morgan fingerprint density at radius 1 is 1.26 bits per heavy atom. The molecule has 0 spiro atoms. The van der Waals surface area contributed by atoms with E-state index in [4.69, 9.17) is 26.5 Å². The summed E-state index contributed by atoms with van der Waals surface area (Å²) in [4.78, 5) is 12.7. The smallest absolute Gasteiger partial charge is 0.231 e. The van der Waals surface area contributed by atoms with Gasteiger partial charge in [0.05, 0.1) is 11.9 Å². The Morgan fingerprint density at radius 2 is 2.06 bits per heavy atom. The molecule has 31 heavy (non-hydrogen) atoms. The lowest BCUT2D eigenvalue weighted by Crippen LogP contribution is -2.13. The van der Waals surface area contributed by atoms with E-state index in [1.807, 2.05) is 28.8 Å². The summed E-state index contributed by atoms with van der Waals surface area (Å²) in [5, 5.41) is 18.9. The van der Waals surface area contributed by atoms with Gasteiger partial charge in [-0.1, -0.05) is 41.6 Å². The number of ether oxygens (including phenoxy) is 2. The van der Waals surface area contributed by atoms with E-state index in [1.165, 1.54) is 11.8 Å². The number of hydrogen-bond donors (Lipinski definition) is 2. The highest BCUT2D eigenvalue weighted by Gasteiger charge is 2.19. The standard InChI is InChI=1S/C21H15ClN6O2S/c22-14-4-2-1-3-12(14)5-6-28-10-25-19(24)18-20(28)27-21(26-18)31-17-8-16-15(29-11-30-16)7-13(17)9-23/h1-4,7-8,10,24H,5-6,11H2,(H,26,27). The maximum atomic E-state index is 9.51. The number of nitrogens with zero attached hydrogens (tertiary/aromatic N) is 4. The van der Waals surface area contributed by atoms with Gasteiger partial charge in [-0.05, 0) is 24.1 Å². The second-order valence-corrected chi connectivity index (χ2v) is 8.22. The number of halogens is 1. The quantitative estimate of drug-likeness (QED) is 0.477. The number of nitriles is 1. The first-order valence-electron chi connectivity index (χ1n) is 9.37. The molecule has 0 saturated heterocycles. The van der Waals surface area contributed by atoms with Crippen molar-refractivity contribution in [1.29, 1.82) is 10.7 Å². The van der Waals surface area contributed by atoms with Gasteiger partial charge in [-0.2, -0.15) is 5.26 Å². The van der Waals surface area contributed by atoms with E-state index in [-0.39, 0.29) is 12.3 Å². The minimum Gasteiger partial charge on any atom is -0.454 e. The molecule has 0 amide bonds. The molecule has 0 saturated carbocycles. The second kappa shape index (κ2) is 7.98. The molecule has 0 unspecified atom stereocenters. The molecule has 3 heterocycles. The monoisotopic (exact) mass is 450 g/mol. The molecule has 0 fully saturated rings. The average molecular weight is 451 g/mol. The van der Waals surface area contributed by atoms with Gasteiger partial charge in [0.25, 0.3) is 0 Å². The first-order valence-corrected chi connectivity index (χ1v) is 10.6. The fraction of sp³-hybridized carbons (Fsp3) is 0.143. The van der Waals surface area contributed by atoms with E-state index in [1.54, 1.807) is 18.5 Å². The topological polar surface area (TPSA) is 113 Å². The number of hydrogen-bond acceptors (Lipinski definition) is 7. The third-order valence-corrected chi connectivity index (χ3v) is 6.19. The minimum absolute atomic E-state index is 0.106. The third-order valence-electron chi connectivity index (χ3n) is 4.88. The number of aryl methyl sites for hydroxylation is 2. The van der Waals surface area contributed by atoms with Crippen LogP contribution in [0.4, 0.5) is 0 Å². The number of rotatable bonds is 5. The summed E-state index contributed by atoms with van der Waals surface area (Å²) in [6.07, 6.45) is 2.31. The third kappa shape index (κ3) is 3.71. The fourth-order valence-corrected chi connectivity index (χ4v) is 4.42. The van der Waals surface area contributed by atoms with E-state index in [0.29, 0.717) is 51.2 Å². The predicted octanol–water partition coefficient (Wildman–Crippen LogP) is 3.89. The van der Waals surface area contributed by atoms with Gasteiger partial charge < -0.3 is 19.0 Å². The molecule has 8 nitrogen and oxygen atoms in total. The van der Waals surface area contributed by atoms with Gasteiger partial charge in [-0.25, -0.2) is 9.97 Å². The molecular weight excluding hydrogens is 436 g/mol. The minimum atomic E-state index is 0.106. The number of aromatic nitrogens is 4. The molecule has 1 aliphatic rings. The van der Waals surface area contributed by atoms with Crippen molar-refractivity contribution >= 4 is 34.5 Å². The molecule has 2 N–H and O–H groups in total. The summed E-state index contributed by atoms with van der Waals surface area (Å²) in [5.74, 6) is 1.15. The zero-order valence-electron chi connectivity index (χ0n) is 16.1. The van der Waals surface area contributed by atoms with Crippen LogP contribution < -0.4 is 15.0 Å². The van der Waals surface area contributed by atoms with E-state index >= 15 is 0 Å². The van der Waals surface area contributed by atoms with E-state index in [0.717, 1.165) is 10.6 Å². The van der Waals surface area contributed by atoms with Gasteiger partial charge >= 0.3 is 0 Å². The van der Waals surface area contributed by atoms with Crippen molar-refractivity contribution in [1.82, 2.24) is 19.5 Å². The highest BCUT2D eigenvalue weighted by Crippen LogP contribution is 2.40. The van der Waals surface area contributed by atoms with Crippen LogP contribution in [0.1, 0.15) is 11.1 Å². The van der Waals surface area contributed by atoms with Crippen LogP contribution in [-0.4, -0.2) is 26.3 Å². The zero-order valence-corrected chi connectivity index (χ0v) is 17.6. The molecule has 10 heteroatoms. The average Bonchev–Trinajstić information content (AvgIpc) is 3.41. The lowest BCUT2D eigenvalue weighted by atomic mass is 10.1. The van der Waals surface area contributed by atoms with E-state index in [9.17, 15) is 5.26 Å². The van der Waals surface area contributed by atoms with Crippen LogP contribution >= 0.6 is 23.4 Å². The van der Waals surface area contributed by atoms with Gasteiger partial charge in [0, 0.05) is 22.5 Å². The molecule has 154 valence electrons. The number of fused-ring (bicyclic) bond motifs is 2. The lowest BCUT2D eigenvalue weighted by molar-refractivity contribution is 0.174. The number of H-pyrrole nitrogens is 1. The van der Waals surface area contributed by atoms with Gasteiger partial charge in [-0.3, -0.25) is 5.41 Å². The largest absolute Gasteiger partial charge is 0.454 e. The Morgan fingerprint density at radius 3 is 2.87 bits per heavy atom. The van der Waals surface area contributed by atoms with Crippen LogP contribution in [0.15, 0.2) is 52.8 Å². The summed E-state index contributed by atoms with van der Waals surface area (Å²) in [7, 11) is 0. The Hall–Kier alpha value is -3.48. The maximum Gasteiger partial charge on any atom is 0.231 e. The van der Waals surface area contributed by atoms with Crippen molar-refractivity contribution in [3.63, 3.8) is 0 Å². The summed E-state index contributed by atoms with van der Waals surface area (Å²) in [6, 6.07) is 13.3. The van der Waals surface area contributed by atoms with Crippen molar-refractivity contribution < 1.29 is 9.47 Å². The molecule has 4 aromatic rings. The predicted molar refractivity (Wildman–Crippen MR) is 114 cm³/mol. The van der Waals surface area contributed by atoms with Crippen LogP contribution in [0, 0.1) is 16.7 Å². The van der Waals surface area contributed by atoms with Gasteiger partial charge in [0.15, 0.2) is 27.8 Å². The Balaban J connectivity index is 1.47.